The predicted octanol–water partition coefficient (Wildman–Crippen LogP) is 1.21. The zero-order valence-electron chi connectivity index (χ0n) is 11.8. The molecule has 2 unspecified atom stereocenters. The molecule has 5 heteroatoms. The van der Waals surface area contributed by atoms with Crippen molar-refractivity contribution in [3.8, 4) is 5.75 Å². The zero-order chi connectivity index (χ0) is 14.4. The first-order valence-corrected chi connectivity index (χ1v) is 6.97. The second-order valence-corrected chi connectivity index (χ2v) is 5.02. The van der Waals surface area contributed by atoms with E-state index in [1.165, 1.54) is 0 Å². The van der Waals surface area contributed by atoms with Gasteiger partial charge in [0, 0.05) is 13.7 Å². The highest BCUT2D eigenvalue weighted by atomic mass is 16.5. The van der Waals surface area contributed by atoms with Crippen molar-refractivity contribution in [3.05, 3.63) is 29.8 Å². The lowest BCUT2D eigenvalue weighted by molar-refractivity contribution is -0.124. The Balaban J connectivity index is 1.76. The fraction of sp³-hybridized carbons (Fsp3) is 0.533. The normalized spacial score (nSPS) is 21.7. The molecule has 1 saturated carbocycles. The lowest BCUT2D eigenvalue weighted by Gasteiger charge is -2.19. The van der Waals surface area contributed by atoms with Crippen LogP contribution < -0.4 is 15.8 Å². The largest absolute Gasteiger partial charge is 0.484 e. The average Bonchev–Trinajstić information content (AvgIpc) is 2.92. The van der Waals surface area contributed by atoms with Crippen molar-refractivity contribution in [3.63, 3.8) is 0 Å². The van der Waals surface area contributed by atoms with Gasteiger partial charge in [-0.05, 0) is 37.0 Å². The Morgan fingerprint density at radius 3 is 2.75 bits per heavy atom. The molecule has 20 heavy (non-hydrogen) atoms. The quantitative estimate of drug-likeness (QED) is 0.820. The van der Waals surface area contributed by atoms with E-state index in [-0.39, 0.29) is 24.7 Å². The molecule has 2 rings (SSSR count). The highest BCUT2D eigenvalue weighted by Gasteiger charge is 2.28. The van der Waals surface area contributed by atoms with E-state index in [9.17, 15) is 4.79 Å². The Kier molecular flexibility index (Phi) is 5.38. The van der Waals surface area contributed by atoms with Gasteiger partial charge in [-0.25, -0.2) is 0 Å². The number of hydrogen-bond acceptors (Lipinski definition) is 4. The summed E-state index contributed by atoms with van der Waals surface area (Å²) in [6.45, 7) is 0.524. The molecule has 1 aromatic rings. The molecule has 0 bridgehead atoms. The molecule has 2 atom stereocenters. The van der Waals surface area contributed by atoms with Gasteiger partial charge in [0.15, 0.2) is 6.61 Å². The summed E-state index contributed by atoms with van der Waals surface area (Å²) in [6, 6.07) is 7.54. The summed E-state index contributed by atoms with van der Waals surface area (Å²) in [5.74, 6) is 0.564. The first kappa shape index (κ1) is 14.8. The van der Waals surface area contributed by atoms with Gasteiger partial charge in [0.25, 0.3) is 5.91 Å². The van der Waals surface area contributed by atoms with E-state index in [1.807, 2.05) is 24.3 Å². The number of nitrogens with one attached hydrogen (secondary N) is 1. The van der Waals surface area contributed by atoms with Crippen LogP contribution in [0.5, 0.6) is 5.75 Å². The minimum atomic E-state index is -0.109. The fourth-order valence-corrected chi connectivity index (χ4v) is 2.49. The van der Waals surface area contributed by atoms with E-state index in [0.29, 0.717) is 12.3 Å². The van der Waals surface area contributed by atoms with E-state index >= 15 is 0 Å². The number of hydrogen-bond donors (Lipinski definition) is 2. The fourth-order valence-electron chi connectivity index (χ4n) is 2.49. The first-order valence-electron chi connectivity index (χ1n) is 6.97. The van der Waals surface area contributed by atoms with E-state index in [0.717, 1.165) is 24.8 Å². The number of rotatable bonds is 6. The molecule has 1 fully saturated rings. The molecule has 5 nitrogen and oxygen atoms in total. The molecule has 1 amide bonds. The van der Waals surface area contributed by atoms with Gasteiger partial charge in [0.2, 0.25) is 0 Å². The van der Waals surface area contributed by atoms with Gasteiger partial charge >= 0.3 is 0 Å². The maximum absolute atomic E-state index is 11.8. The summed E-state index contributed by atoms with van der Waals surface area (Å²) in [5.41, 5.74) is 6.56. The van der Waals surface area contributed by atoms with Crippen LogP contribution in [-0.4, -0.2) is 31.8 Å². The molecule has 0 heterocycles. The number of amides is 1. The molecule has 1 aliphatic rings. The SMILES string of the molecule is COC1CCCC1NC(=O)COc1ccc(CN)cc1. The first-order chi connectivity index (χ1) is 9.72. The van der Waals surface area contributed by atoms with Crippen LogP contribution in [-0.2, 0) is 16.1 Å². The highest BCUT2D eigenvalue weighted by Crippen LogP contribution is 2.21. The van der Waals surface area contributed by atoms with E-state index < -0.39 is 0 Å². The van der Waals surface area contributed by atoms with Gasteiger partial charge in [-0.2, -0.15) is 0 Å². The number of nitrogens with two attached hydrogens (primary N) is 1. The maximum atomic E-state index is 11.8. The van der Waals surface area contributed by atoms with Crippen LogP contribution in [0.2, 0.25) is 0 Å². The summed E-state index contributed by atoms with van der Waals surface area (Å²) >= 11 is 0. The summed E-state index contributed by atoms with van der Waals surface area (Å²) in [6.07, 6.45) is 3.19. The topological polar surface area (TPSA) is 73.6 Å². The van der Waals surface area contributed by atoms with Crippen molar-refractivity contribution >= 4 is 5.91 Å². The van der Waals surface area contributed by atoms with E-state index in [4.69, 9.17) is 15.2 Å². The molecule has 110 valence electrons. The number of carbonyl (C=O) groups is 1. The van der Waals surface area contributed by atoms with Crippen molar-refractivity contribution < 1.29 is 14.3 Å². The van der Waals surface area contributed by atoms with E-state index in [1.54, 1.807) is 7.11 Å². The molecule has 3 N–H and O–H groups in total. The molecule has 0 aliphatic heterocycles. The summed E-state index contributed by atoms with van der Waals surface area (Å²) in [5, 5.41) is 2.96. The summed E-state index contributed by atoms with van der Waals surface area (Å²) in [7, 11) is 1.69. The standard InChI is InChI=1S/C15H22N2O3/c1-19-14-4-2-3-13(14)17-15(18)10-20-12-7-5-11(9-16)6-8-12/h5-8,13-14H,2-4,9-10,16H2,1H3,(H,17,18). The predicted molar refractivity (Wildman–Crippen MR) is 76.4 cm³/mol. The van der Waals surface area contributed by atoms with Crippen LogP contribution in [0.1, 0.15) is 24.8 Å². The highest BCUT2D eigenvalue weighted by molar-refractivity contribution is 5.78. The molecule has 0 spiro atoms. The third-order valence-electron chi connectivity index (χ3n) is 3.63. The Morgan fingerprint density at radius 2 is 2.10 bits per heavy atom. The van der Waals surface area contributed by atoms with Crippen LogP contribution >= 0.6 is 0 Å². The summed E-state index contributed by atoms with van der Waals surface area (Å²) in [4.78, 5) is 11.8. The lowest BCUT2D eigenvalue weighted by Crippen LogP contribution is -2.42. The number of carbonyl (C=O) groups excluding carboxylic acids is 1. The van der Waals surface area contributed by atoms with Crippen LogP contribution in [0, 0.1) is 0 Å². The molecule has 1 aliphatic carbocycles. The van der Waals surface area contributed by atoms with Crippen LogP contribution in [0.25, 0.3) is 0 Å². The molecule has 0 saturated heterocycles. The van der Waals surface area contributed by atoms with E-state index in [2.05, 4.69) is 5.32 Å². The average molecular weight is 278 g/mol. The van der Waals surface area contributed by atoms with Gasteiger partial charge < -0.3 is 20.5 Å². The van der Waals surface area contributed by atoms with Crippen molar-refractivity contribution in [1.82, 2.24) is 5.32 Å². The smallest absolute Gasteiger partial charge is 0.258 e. The molecular formula is C15H22N2O3. The van der Waals surface area contributed by atoms with Gasteiger partial charge in [-0.3, -0.25) is 4.79 Å². The minimum Gasteiger partial charge on any atom is -0.484 e. The van der Waals surface area contributed by atoms with Gasteiger partial charge in [0.05, 0.1) is 12.1 Å². The van der Waals surface area contributed by atoms with Gasteiger partial charge in [-0.15, -0.1) is 0 Å². The van der Waals surface area contributed by atoms with Gasteiger partial charge in [-0.1, -0.05) is 12.1 Å². The van der Waals surface area contributed by atoms with Gasteiger partial charge in [0.1, 0.15) is 5.75 Å². The Morgan fingerprint density at radius 1 is 1.35 bits per heavy atom. The Bertz CT molecular complexity index is 433. The summed E-state index contributed by atoms with van der Waals surface area (Å²) < 4.78 is 10.8. The van der Waals surface area contributed by atoms with Crippen LogP contribution in [0.3, 0.4) is 0 Å². The molecule has 0 aromatic heterocycles. The second-order valence-electron chi connectivity index (χ2n) is 5.02. The van der Waals surface area contributed by atoms with Crippen molar-refractivity contribution in [2.75, 3.05) is 13.7 Å². The monoisotopic (exact) mass is 278 g/mol. The van der Waals surface area contributed by atoms with Crippen molar-refractivity contribution in [2.24, 2.45) is 5.73 Å². The van der Waals surface area contributed by atoms with Crippen LogP contribution in [0.4, 0.5) is 0 Å². The third-order valence-corrected chi connectivity index (χ3v) is 3.63. The number of methoxy groups -OCH3 is 1. The van der Waals surface area contributed by atoms with Crippen molar-refractivity contribution in [1.29, 1.82) is 0 Å². The Hall–Kier alpha value is -1.59. The van der Waals surface area contributed by atoms with Crippen molar-refractivity contribution in [2.45, 2.75) is 38.0 Å². The van der Waals surface area contributed by atoms with Crippen LogP contribution in [0.15, 0.2) is 24.3 Å². The third kappa shape index (κ3) is 3.95. The lowest BCUT2D eigenvalue weighted by atomic mass is 10.2. The maximum Gasteiger partial charge on any atom is 0.258 e. The minimum absolute atomic E-state index is 0.0227. The zero-order valence-corrected chi connectivity index (χ0v) is 11.8. The number of ether oxygens (including phenoxy) is 2. The molecule has 0 radical (unpaired) electrons. The molecular weight excluding hydrogens is 256 g/mol. The second kappa shape index (κ2) is 7.26. The Labute approximate surface area is 119 Å². The molecule has 1 aromatic carbocycles. The number of benzene rings is 1.